The maximum absolute atomic E-state index is 13.3. The molecule has 1 aliphatic heterocycles. The monoisotopic (exact) mass is 532 g/mol. The van der Waals surface area contributed by atoms with Gasteiger partial charge >= 0.3 is 0 Å². The molecule has 198 valence electrons. The predicted molar refractivity (Wildman–Crippen MR) is 150 cm³/mol. The Kier molecular flexibility index (Phi) is 8.81. The van der Waals surface area contributed by atoms with Crippen molar-refractivity contribution in [3.8, 4) is 0 Å². The summed E-state index contributed by atoms with van der Waals surface area (Å²) >= 11 is 6.05. The first-order valence-electron chi connectivity index (χ1n) is 12.6. The van der Waals surface area contributed by atoms with Crippen LogP contribution >= 0.6 is 11.6 Å². The fraction of sp³-hybridized carbons (Fsp3) is 0.300. The number of carbonyl (C=O) groups excluding carboxylic acids is 3. The van der Waals surface area contributed by atoms with Crippen LogP contribution in [0.2, 0.25) is 5.02 Å². The number of carbonyl (C=O) groups is 3. The molecule has 0 aliphatic carbocycles. The number of hydrogen-bond donors (Lipinski definition) is 2. The molecule has 1 aliphatic rings. The molecule has 1 heterocycles. The van der Waals surface area contributed by atoms with E-state index >= 15 is 0 Å². The minimum atomic E-state index is -0.715. The molecular formula is C30H33ClN4O3. The van der Waals surface area contributed by atoms with Gasteiger partial charge < -0.3 is 20.4 Å². The summed E-state index contributed by atoms with van der Waals surface area (Å²) in [6, 6.07) is 23.3. The highest BCUT2D eigenvalue weighted by Gasteiger charge is 2.37. The first-order valence-corrected chi connectivity index (χ1v) is 13.0. The first-order chi connectivity index (χ1) is 18.2. The molecule has 3 aromatic carbocycles. The Labute approximate surface area is 228 Å². The summed E-state index contributed by atoms with van der Waals surface area (Å²) < 4.78 is 0. The van der Waals surface area contributed by atoms with Gasteiger partial charge in [-0.3, -0.25) is 14.4 Å². The van der Waals surface area contributed by atoms with Gasteiger partial charge in [0.05, 0.1) is 5.92 Å². The van der Waals surface area contributed by atoms with Crippen LogP contribution < -0.4 is 10.6 Å². The molecule has 0 spiro atoms. The van der Waals surface area contributed by atoms with Gasteiger partial charge in [0, 0.05) is 55.8 Å². The zero-order chi connectivity index (χ0) is 27.2. The van der Waals surface area contributed by atoms with Crippen molar-refractivity contribution in [3.05, 3.63) is 101 Å². The summed E-state index contributed by atoms with van der Waals surface area (Å²) in [7, 11) is 5.34. The highest BCUT2D eigenvalue weighted by Crippen LogP contribution is 2.33. The number of halogens is 1. The van der Waals surface area contributed by atoms with Crippen molar-refractivity contribution in [3.63, 3.8) is 0 Å². The van der Waals surface area contributed by atoms with Gasteiger partial charge in [0.25, 0.3) is 5.91 Å². The van der Waals surface area contributed by atoms with Crippen LogP contribution in [0, 0.1) is 5.92 Å². The molecule has 0 aromatic heterocycles. The van der Waals surface area contributed by atoms with E-state index in [-0.39, 0.29) is 29.6 Å². The number of nitrogens with one attached hydrogen (secondary N) is 2. The molecule has 7 nitrogen and oxygen atoms in total. The SMILES string of the molecule is CN1C[C@H](C(=O)Nc2cccc(C(=O)N[C@@H](Cc3ccccc3)C(=O)N(C)C)c2)[C@@H](c2ccc(Cl)cc2)C1. The summed E-state index contributed by atoms with van der Waals surface area (Å²) in [4.78, 5) is 42.9. The zero-order valence-electron chi connectivity index (χ0n) is 21.9. The van der Waals surface area contributed by atoms with E-state index in [2.05, 4.69) is 15.5 Å². The summed E-state index contributed by atoms with van der Waals surface area (Å²) in [5.41, 5.74) is 2.92. The van der Waals surface area contributed by atoms with Gasteiger partial charge in [-0.15, -0.1) is 0 Å². The minimum absolute atomic E-state index is 0.0412. The molecule has 8 heteroatoms. The maximum atomic E-state index is 13.3. The van der Waals surface area contributed by atoms with E-state index in [1.807, 2.05) is 61.6 Å². The number of benzene rings is 3. The number of nitrogens with zero attached hydrogens (tertiary/aromatic N) is 2. The lowest BCUT2D eigenvalue weighted by Crippen LogP contribution is -2.47. The molecular weight excluding hydrogens is 500 g/mol. The van der Waals surface area contributed by atoms with Crippen molar-refractivity contribution in [1.82, 2.24) is 15.1 Å². The summed E-state index contributed by atoms with van der Waals surface area (Å²) in [6.07, 6.45) is 0.376. The van der Waals surface area contributed by atoms with Crippen LogP contribution in [0.25, 0.3) is 0 Å². The summed E-state index contributed by atoms with van der Waals surface area (Å²) in [5, 5.41) is 6.54. The standard InChI is InChI=1S/C30H33ClN4O3/c1-34(2)30(38)27(16-20-8-5-4-6-9-20)33-28(36)22-10-7-11-24(17-22)32-29(37)26-19-35(3)18-25(26)21-12-14-23(31)15-13-21/h4-15,17,25-27H,16,18-19H2,1-3H3,(H,32,37)(H,33,36)/t25-,26+,27+/m1/s1. The van der Waals surface area contributed by atoms with Crippen LogP contribution in [0.3, 0.4) is 0 Å². The second-order valence-electron chi connectivity index (χ2n) is 10.0. The van der Waals surface area contributed by atoms with Crippen molar-refractivity contribution in [2.75, 3.05) is 39.5 Å². The van der Waals surface area contributed by atoms with Crippen molar-refractivity contribution < 1.29 is 14.4 Å². The molecule has 1 fully saturated rings. The predicted octanol–water partition coefficient (Wildman–Crippen LogP) is 4.05. The van der Waals surface area contributed by atoms with Crippen LogP contribution in [0.4, 0.5) is 5.69 Å². The molecule has 0 saturated carbocycles. The van der Waals surface area contributed by atoms with Crippen molar-refractivity contribution in [1.29, 1.82) is 0 Å². The lowest BCUT2D eigenvalue weighted by Gasteiger charge is -2.22. The van der Waals surface area contributed by atoms with E-state index in [4.69, 9.17) is 11.6 Å². The normalized spacial score (nSPS) is 18.0. The van der Waals surface area contributed by atoms with Crippen molar-refractivity contribution >= 4 is 35.0 Å². The van der Waals surface area contributed by atoms with E-state index in [0.29, 0.717) is 29.2 Å². The number of likely N-dealkylation sites (tertiary alicyclic amines) is 1. The van der Waals surface area contributed by atoms with Crippen molar-refractivity contribution in [2.45, 2.75) is 18.4 Å². The Morgan fingerprint density at radius 1 is 0.974 bits per heavy atom. The van der Waals surface area contributed by atoms with Crippen LogP contribution in [-0.4, -0.2) is 67.8 Å². The molecule has 3 aromatic rings. The first kappa shape index (κ1) is 27.4. The van der Waals surface area contributed by atoms with E-state index in [9.17, 15) is 14.4 Å². The second kappa shape index (κ2) is 12.2. The van der Waals surface area contributed by atoms with Crippen molar-refractivity contribution in [2.24, 2.45) is 5.92 Å². The van der Waals surface area contributed by atoms with Gasteiger partial charge in [0.1, 0.15) is 6.04 Å². The van der Waals surface area contributed by atoms with E-state index in [1.165, 1.54) is 4.90 Å². The van der Waals surface area contributed by atoms with Gasteiger partial charge in [0.15, 0.2) is 0 Å². The third-order valence-corrected chi connectivity index (χ3v) is 7.11. The van der Waals surface area contributed by atoms with Gasteiger partial charge in [-0.05, 0) is 48.5 Å². The largest absolute Gasteiger partial charge is 0.347 e. The quantitative estimate of drug-likeness (QED) is 0.458. The molecule has 0 bridgehead atoms. The highest BCUT2D eigenvalue weighted by atomic mass is 35.5. The number of hydrogen-bond acceptors (Lipinski definition) is 4. The molecule has 3 amide bonds. The third kappa shape index (κ3) is 6.79. The fourth-order valence-corrected chi connectivity index (χ4v) is 5.02. The fourth-order valence-electron chi connectivity index (χ4n) is 4.89. The smallest absolute Gasteiger partial charge is 0.252 e. The minimum Gasteiger partial charge on any atom is -0.347 e. The van der Waals surface area contributed by atoms with Crippen LogP contribution in [-0.2, 0) is 16.0 Å². The number of anilines is 1. The van der Waals surface area contributed by atoms with Gasteiger partial charge in [-0.25, -0.2) is 0 Å². The molecule has 3 atom stereocenters. The number of amides is 3. The van der Waals surface area contributed by atoms with Crippen LogP contribution in [0.5, 0.6) is 0 Å². The van der Waals surface area contributed by atoms with Gasteiger partial charge in [0.2, 0.25) is 11.8 Å². The second-order valence-corrected chi connectivity index (χ2v) is 10.4. The average molecular weight is 533 g/mol. The number of likely N-dealkylation sites (N-methyl/N-ethyl adjacent to an activating group) is 2. The molecule has 2 N–H and O–H groups in total. The Balaban J connectivity index is 1.46. The van der Waals surface area contributed by atoms with Crippen LogP contribution in [0.15, 0.2) is 78.9 Å². The summed E-state index contributed by atoms with van der Waals surface area (Å²) in [6.45, 7) is 1.40. The van der Waals surface area contributed by atoms with Crippen LogP contribution in [0.1, 0.15) is 27.4 Å². The number of rotatable bonds is 8. The average Bonchev–Trinajstić information content (AvgIpc) is 3.30. The summed E-state index contributed by atoms with van der Waals surface area (Å²) in [5.74, 6) is -0.870. The van der Waals surface area contributed by atoms with E-state index in [0.717, 1.165) is 17.7 Å². The maximum Gasteiger partial charge on any atom is 0.252 e. The molecule has 1 saturated heterocycles. The topological polar surface area (TPSA) is 81.8 Å². The molecule has 4 rings (SSSR count). The molecule has 38 heavy (non-hydrogen) atoms. The molecule has 0 radical (unpaired) electrons. The molecule has 0 unspecified atom stereocenters. The lowest BCUT2D eigenvalue weighted by molar-refractivity contribution is -0.130. The Bertz CT molecular complexity index is 1280. The van der Waals surface area contributed by atoms with Gasteiger partial charge in [-0.2, -0.15) is 0 Å². The third-order valence-electron chi connectivity index (χ3n) is 6.86. The highest BCUT2D eigenvalue weighted by molar-refractivity contribution is 6.30. The Morgan fingerprint density at radius 3 is 2.37 bits per heavy atom. The Hall–Kier alpha value is -3.68. The van der Waals surface area contributed by atoms with Gasteiger partial charge in [-0.1, -0.05) is 60.1 Å². The van der Waals surface area contributed by atoms with E-state index in [1.54, 1.807) is 38.4 Å². The lowest BCUT2D eigenvalue weighted by atomic mass is 9.88. The zero-order valence-corrected chi connectivity index (χ0v) is 22.6. The Morgan fingerprint density at radius 2 is 1.68 bits per heavy atom. The van der Waals surface area contributed by atoms with E-state index < -0.39 is 6.04 Å².